The predicted molar refractivity (Wildman–Crippen MR) is 98.7 cm³/mol. The first-order valence-electron chi connectivity index (χ1n) is 8.34. The molecule has 2 heterocycles. The van der Waals surface area contributed by atoms with Crippen molar-refractivity contribution in [1.82, 2.24) is 9.47 Å². The van der Waals surface area contributed by atoms with Crippen molar-refractivity contribution in [2.75, 3.05) is 20.1 Å². The number of hydrogen-bond donors (Lipinski definition) is 1. The summed E-state index contributed by atoms with van der Waals surface area (Å²) in [5.74, 6) is 0. The SMILES string of the molecule is CN1CCc2c(n(Cc3ccccc3)c3ccc(Cl)cc23)C(O)C1. The van der Waals surface area contributed by atoms with Crippen LogP contribution in [-0.4, -0.2) is 34.7 Å². The quantitative estimate of drug-likeness (QED) is 0.767. The molecule has 4 heteroatoms. The second-order valence-corrected chi connectivity index (χ2v) is 7.06. The lowest BCUT2D eigenvalue weighted by atomic mass is 10.1. The van der Waals surface area contributed by atoms with Crippen molar-refractivity contribution in [3.05, 3.63) is 70.4 Å². The van der Waals surface area contributed by atoms with Crippen LogP contribution >= 0.6 is 11.6 Å². The number of halogens is 1. The van der Waals surface area contributed by atoms with E-state index in [-0.39, 0.29) is 0 Å². The Morgan fingerprint density at radius 2 is 1.96 bits per heavy atom. The third-order valence-corrected chi connectivity index (χ3v) is 5.14. The van der Waals surface area contributed by atoms with Crippen LogP contribution in [0.15, 0.2) is 48.5 Å². The number of aliphatic hydroxyl groups is 1. The van der Waals surface area contributed by atoms with Crippen LogP contribution in [0.5, 0.6) is 0 Å². The lowest BCUT2D eigenvalue weighted by Gasteiger charge is -2.19. The molecule has 0 amide bonds. The molecule has 1 aliphatic rings. The predicted octanol–water partition coefficient (Wildman–Crippen LogP) is 3.86. The van der Waals surface area contributed by atoms with E-state index in [4.69, 9.17) is 11.6 Å². The minimum absolute atomic E-state index is 0.484. The Kier molecular flexibility index (Phi) is 4.09. The van der Waals surface area contributed by atoms with Gasteiger partial charge in [-0.3, -0.25) is 0 Å². The van der Waals surface area contributed by atoms with Crippen molar-refractivity contribution in [3.8, 4) is 0 Å². The van der Waals surface area contributed by atoms with E-state index in [9.17, 15) is 5.11 Å². The third-order valence-electron chi connectivity index (χ3n) is 4.90. The molecule has 2 aromatic carbocycles. The van der Waals surface area contributed by atoms with Gasteiger partial charge in [0.05, 0.1) is 5.69 Å². The summed E-state index contributed by atoms with van der Waals surface area (Å²) in [7, 11) is 2.06. The first-order chi connectivity index (χ1) is 11.6. The van der Waals surface area contributed by atoms with E-state index < -0.39 is 6.10 Å². The number of hydrogen-bond acceptors (Lipinski definition) is 2. The molecule has 4 rings (SSSR count). The summed E-state index contributed by atoms with van der Waals surface area (Å²) in [6, 6.07) is 16.4. The molecule has 1 aliphatic heterocycles. The molecule has 0 radical (unpaired) electrons. The van der Waals surface area contributed by atoms with Crippen LogP contribution < -0.4 is 0 Å². The highest BCUT2D eigenvalue weighted by Crippen LogP contribution is 2.35. The minimum Gasteiger partial charge on any atom is -0.386 e. The van der Waals surface area contributed by atoms with E-state index >= 15 is 0 Å². The van der Waals surface area contributed by atoms with Gasteiger partial charge in [-0.25, -0.2) is 0 Å². The zero-order valence-corrected chi connectivity index (χ0v) is 14.5. The van der Waals surface area contributed by atoms with Gasteiger partial charge >= 0.3 is 0 Å². The molecule has 124 valence electrons. The van der Waals surface area contributed by atoms with Gasteiger partial charge in [-0.05, 0) is 42.8 Å². The number of fused-ring (bicyclic) bond motifs is 3. The van der Waals surface area contributed by atoms with Crippen LogP contribution in [0.4, 0.5) is 0 Å². The Labute approximate surface area is 147 Å². The van der Waals surface area contributed by atoms with Crippen molar-refractivity contribution >= 4 is 22.5 Å². The van der Waals surface area contributed by atoms with Crippen LogP contribution in [-0.2, 0) is 13.0 Å². The number of aromatic nitrogens is 1. The van der Waals surface area contributed by atoms with Crippen LogP contribution in [0, 0.1) is 0 Å². The van der Waals surface area contributed by atoms with Gasteiger partial charge in [0, 0.05) is 35.6 Å². The summed E-state index contributed by atoms with van der Waals surface area (Å²) in [4.78, 5) is 2.19. The Balaban J connectivity index is 1.93. The Morgan fingerprint density at radius 1 is 1.17 bits per heavy atom. The number of benzene rings is 2. The monoisotopic (exact) mass is 340 g/mol. The van der Waals surface area contributed by atoms with Crippen molar-refractivity contribution in [3.63, 3.8) is 0 Å². The van der Waals surface area contributed by atoms with Gasteiger partial charge in [0.15, 0.2) is 0 Å². The van der Waals surface area contributed by atoms with E-state index in [2.05, 4.69) is 46.8 Å². The Hall–Kier alpha value is -1.81. The maximum Gasteiger partial charge on any atom is 0.107 e. The van der Waals surface area contributed by atoms with Crippen molar-refractivity contribution in [2.24, 2.45) is 0 Å². The molecule has 24 heavy (non-hydrogen) atoms. The van der Waals surface area contributed by atoms with E-state index in [1.807, 2.05) is 18.2 Å². The lowest BCUT2D eigenvalue weighted by Crippen LogP contribution is -2.24. The molecule has 0 saturated heterocycles. The number of likely N-dealkylation sites (N-methyl/N-ethyl adjacent to an activating group) is 1. The number of aliphatic hydroxyl groups excluding tert-OH is 1. The van der Waals surface area contributed by atoms with Crippen molar-refractivity contribution in [1.29, 1.82) is 0 Å². The number of β-amino-alcohol motifs (C(OH)–C–C–N with tert-alkyl or cyclic N) is 1. The molecule has 0 spiro atoms. The van der Waals surface area contributed by atoms with E-state index in [0.717, 1.165) is 35.7 Å². The molecule has 0 fully saturated rings. The molecule has 3 nitrogen and oxygen atoms in total. The fourth-order valence-corrected chi connectivity index (χ4v) is 3.94. The number of rotatable bonds is 2. The van der Waals surface area contributed by atoms with Gasteiger partial charge in [0.25, 0.3) is 0 Å². The molecule has 0 saturated carbocycles. The first kappa shape index (κ1) is 15.7. The van der Waals surface area contributed by atoms with E-state index in [1.165, 1.54) is 16.5 Å². The molecule has 1 N–H and O–H groups in total. The van der Waals surface area contributed by atoms with Gasteiger partial charge < -0.3 is 14.6 Å². The smallest absolute Gasteiger partial charge is 0.107 e. The topological polar surface area (TPSA) is 28.4 Å². The summed E-state index contributed by atoms with van der Waals surface area (Å²) < 4.78 is 2.26. The average molecular weight is 341 g/mol. The summed E-state index contributed by atoms with van der Waals surface area (Å²) in [6.07, 6.45) is 0.448. The number of nitrogens with zero attached hydrogens (tertiary/aromatic N) is 2. The lowest BCUT2D eigenvalue weighted by molar-refractivity contribution is 0.127. The molecule has 1 atom stereocenters. The fraction of sp³-hybridized carbons (Fsp3) is 0.300. The maximum atomic E-state index is 10.8. The molecule has 0 aliphatic carbocycles. The highest BCUT2D eigenvalue weighted by Gasteiger charge is 2.26. The largest absolute Gasteiger partial charge is 0.386 e. The van der Waals surface area contributed by atoms with Gasteiger partial charge in [-0.15, -0.1) is 0 Å². The van der Waals surface area contributed by atoms with Crippen molar-refractivity contribution in [2.45, 2.75) is 19.1 Å². The third kappa shape index (κ3) is 2.73. The first-order valence-corrected chi connectivity index (χ1v) is 8.72. The molecule has 0 bridgehead atoms. The standard InChI is InChI=1S/C20H21ClN2O/c1-22-10-9-16-17-11-15(21)7-8-18(17)23(20(16)19(24)13-22)12-14-5-3-2-4-6-14/h2-8,11,19,24H,9-10,12-13H2,1H3. The van der Waals surface area contributed by atoms with Crippen LogP contribution in [0.25, 0.3) is 10.9 Å². The molecular weight excluding hydrogens is 320 g/mol. The highest BCUT2D eigenvalue weighted by molar-refractivity contribution is 6.31. The fourth-order valence-electron chi connectivity index (χ4n) is 3.77. The second kappa shape index (κ2) is 6.25. The maximum absolute atomic E-state index is 10.8. The average Bonchev–Trinajstić information content (AvgIpc) is 2.77. The minimum atomic E-state index is -0.484. The summed E-state index contributed by atoms with van der Waals surface area (Å²) >= 11 is 6.25. The van der Waals surface area contributed by atoms with E-state index in [1.54, 1.807) is 0 Å². The van der Waals surface area contributed by atoms with Gasteiger partial charge in [-0.1, -0.05) is 41.9 Å². The normalized spacial score (nSPS) is 18.5. The Bertz CT molecular complexity index is 872. The molecule has 1 aromatic heterocycles. The van der Waals surface area contributed by atoms with Crippen molar-refractivity contribution < 1.29 is 5.11 Å². The van der Waals surface area contributed by atoms with Crippen LogP contribution in [0.2, 0.25) is 5.02 Å². The second-order valence-electron chi connectivity index (χ2n) is 6.63. The summed E-state index contributed by atoms with van der Waals surface area (Å²) in [5.41, 5.74) is 4.66. The van der Waals surface area contributed by atoms with Crippen LogP contribution in [0.1, 0.15) is 22.9 Å². The zero-order valence-electron chi connectivity index (χ0n) is 13.7. The summed E-state index contributed by atoms with van der Waals surface area (Å²) in [6.45, 7) is 2.36. The van der Waals surface area contributed by atoms with Crippen LogP contribution in [0.3, 0.4) is 0 Å². The Morgan fingerprint density at radius 3 is 2.75 bits per heavy atom. The van der Waals surface area contributed by atoms with E-state index in [0.29, 0.717) is 6.54 Å². The molecule has 3 aromatic rings. The van der Waals surface area contributed by atoms with Gasteiger partial charge in [-0.2, -0.15) is 0 Å². The van der Waals surface area contributed by atoms with Gasteiger partial charge in [0.1, 0.15) is 6.10 Å². The zero-order chi connectivity index (χ0) is 16.7. The molecular formula is C20H21ClN2O. The molecule has 1 unspecified atom stereocenters. The summed E-state index contributed by atoms with van der Waals surface area (Å²) in [5, 5.41) is 12.8. The van der Waals surface area contributed by atoms with Gasteiger partial charge in [0.2, 0.25) is 0 Å². The highest BCUT2D eigenvalue weighted by atomic mass is 35.5.